The lowest BCUT2D eigenvalue weighted by Crippen LogP contribution is -2.16. The summed E-state index contributed by atoms with van der Waals surface area (Å²) < 4.78 is 0.995. The van der Waals surface area contributed by atoms with E-state index < -0.39 is 0 Å². The molecule has 2 aromatic rings. The molecule has 0 saturated heterocycles. The van der Waals surface area contributed by atoms with E-state index in [9.17, 15) is 0 Å². The number of hydrogen-bond donors (Lipinski definition) is 1. The highest BCUT2D eigenvalue weighted by molar-refractivity contribution is 9.10. The molecule has 2 rings (SSSR count). The van der Waals surface area contributed by atoms with Crippen molar-refractivity contribution < 1.29 is 0 Å². The summed E-state index contributed by atoms with van der Waals surface area (Å²) in [5.74, 6) is 0. The van der Waals surface area contributed by atoms with Gasteiger partial charge in [-0.15, -0.1) is 23.7 Å². The van der Waals surface area contributed by atoms with Crippen molar-refractivity contribution in [2.24, 2.45) is 0 Å². The molecule has 3 nitrogen and oxygen atoms in total. The summed E-state index contributed by atoms with van der Waals surface area (Å²) in [6.45, 7) is 1.62. The number of benzene rings is 1. The van der Waals surface area contributed by atoms with Crippen LogP contribution in [0.2, 0.25) is 5.02 Å². The van der Waals surface area contributed by atoms with Crippen molar-refractivity contribution >= 4 is 56.4 Å². The van der Waals surface area contributed by atoms with Crippen LogP contribution in [0.15, 0.2) is 28.9 Å². The monoisotopic (exact) mass is 381 g/mol. The molecule has 0 atom stereocenters. The maximum atomic E-state index is 6.19. The number of rotatable bonds is 4. The van der Waals surface area contributed by atoms with Crippen molar-refractivity contribution in [3.63, 3.8) is 0 Å². The number of nitrogens with two attached hydrogens (primary N) is 1. The Morgan fingerprint density at radius 2 is 2.16 bits per heavy atom. The first-order valence-electron chi connectivity index (χ1n) is 5.37. The normalized spacial score (nSPS) is 10.5. The summed E-state index contributed by atoms with van der Waals surface area (Å²) in [5.41, 5.74) is 6.72. The van der Waals surface area contributed by atoms with Gasteiger partial charge in [-0.3, -0.25) is 4.90 Å². The summed E-state index contributed by atoms with van der Waals surface area (Å²) >= 11 is 11.1. The lowest BCUT2D eigenvalue weighted by Gasteiger charge is -2.16. The third-order valence-corrected chi connectivity index (χ3v) is 4.11. The van der Waals surface area contributed by atoms with Crippen molar-refractivity contribution in [2.45, 2.75) is 13.1 Å². The maximum Gasteiger partial charge on any atom is 0.180 e. The van der Waals surface area contributed by atoms with Crippen LogP contribution in [-0.4, -0.2) is 16.9 Å². The highest BCUT2D eigenvalue weighted by atomic mass is 79.9. The number of halogens is 3. The molecule has 1 heterocycles. The molecule has 0 unspecified atom stereocenters. The summed E-state index contributed by atoms with van der Waals surface area (Å²) in [5, 5.41) is 1.39. The molecule has 19 heavy (non-hydrogen) atoms. The molecule has 0 fully saturated rings. The van der Waals surface area contributed by atoms with Gasteiger partial charge in [0.1, 0.15) is 0 Å². The van der Waals surface area contributed by atoms with Gasteiger partial charge in [-0.05, 0) is 24.7 Å². The average Bonchev–Trinajstić information content (AvgIpc) is 2.68. The number of thiazole rings is 1. The smallest absolute Gasteiger partial charge is 0.180 e. The van der Waals surface area contributed by atoms with Gasteiger partial charge in [0.2, 0.25) is 0 Å². The molecule has 1 aromatic carbocycles. The summed E-state index contributed by atoms with van der Waals surface area (Å²) in [7, 11) is 2.05. The molecule has 0 spiro atoms. The average molecular weight is 383 g/mol. The second-order valence-corrected chi connectivity index (χ2v) is 6.54. The molecular weight excluding hydrogens is 369 g/mol. The molecule has 0 aliphatic rings. The highest BCUT2D eigenvalue weighted by Gasteiger charge is 2.07. The fourth-order valence-electron chi connectivity index (χ4n) is 1.66. The Kier molecular flexibility index (Phi) is 6.56. The molecule has 0 aliphatic carbocycles. The molecule has 0 radical (unpaired) electrons. The number of aromatic nitrogens is 1. The Morgan fingerprint density at radius 1 is 1.42 bits per heavy atom. The van der Waals surface area contributed by atoms with E-state index in [4.69, 9.17) is 17.3 Å². The largest absolute Gasteiger partial charge is 0.375 e. The Morgan fingerprint density at radius 3 is 2.74 bits per heavy atom. The lowest BCUT2D eigenvalue weighted by molar-refractivity contribution is 0.322. The SMILES string of the molecule is CN(Cc1cnc(N)s1)Cc1ccc(Br)cc1Cl.Cl. The fraction of sp³-hybridized carbons (Fsp3) is 0.250. The predicted octanol–water partition coefficient (Wildman–Crippen LogP) is 4.20. The van der Waals surface area contributed by atoms with Gasteiger partial charge < -0.3 is 5.73 Å². The van der Waals surface area contributed by atoms with E-state index in [0.29, 0.717) is 5.13 Å². The van der Waals surface area contributed by atoms with Crippen LogP contribution in [0.1, 0.15) is 10.4 Å². The van der Waals surface area contributed by atoms with Crippen molar-refractivity contribution in [1.29, 1.82) is 0 Å². The van der Waals surface area contributed by atoms with Gasteiger partial charge in [0.05, 0.1) is 0 Å². The van der Waals surface area contributed by atoms with Crippen molar-refractivity contribution in [1.82, 2.24) is 9.88 Å². The quantitative estimate of drug-likeness (QED) is 0.861. The number of hydrogen-bond acceptors (Lipinski definition) is 4. The standard InChI is InChI=1S/C12H13BrClN3S.ClH/c1-17(7-10-5-16-12(15)18-10)6-8-2-3-9(13)4-11(8)14;/h2-5H,6-7H2,1H3,(H2,15,16);1H. The van der Waals surface area contributed by atoms with Crippen molar-refractivity contribution in [2.75, 3.05) is 12.8 Å². The maximum absolute atomic E-state index is 6.19. The van der Waals surface area contributed by atoms with E-state index in [1.807, 2.05) is 31.4 Å². The van der Waals surface area contributed by atoms with Crippen molar-refractivity contribution in [3.05, 3.63) is 44.3 Å². The van der Waals surface area contributed by atoms with Crippen LogP contribution in [0.4, 0.5) is 5.13 Å². The molecule has 2 N–H and O–H groups in total. The zero-order valence-electron chi connectivity index (χ0n) is 10.3. The number of anilines is 1. The molecule has 7 heteroatoms. The minimum absolute atomic E-state index is 0. The van der Waals surface area contributed by atoms with Gasteiger partial charge in [0.25, 0.3) is 0 Å². The van der Waals surface area contributed by atoms with Crippen LogP contribution in [0, 0.1) is 0 Å². The van der Waals surface area contributed by atoms with Crippen LogP contribution in [0.3, 0.4) is 0 Å². The molecule has 0 bridgehead atoms. The minimum Gasteiger partial charge on any atom is -0.375 e. The van der Waals surface area contributed by atoms with Crippen LogP contribution in [-0.2, 0) is 13.1 Å². The molecule has 0 amide bonds. The summed E-state index contributed by atoms with van der Waals surface area (Å²) in [4.78, 5) is 7.38. The Labute approximate surface area is 136 Å². The second-order valence-electron chi connectivity index (χ2n) is 4.07. The van der Waals surface area contributed by atoms with Gasteiger partial charge in [0, 0.05) is 33.7 Å². The minimum atomic E-state index is 0. The van der Waals surface area contributed by atoms with Crippen molar-refractivity contribution in [3.8, 4) is 0 Å². The topological polar surface area (TPSA) is 42.2 Å². The Hall–Kier alpha value is -0.330. The van der Waals surface area contributed by atoms with Gasteiger partial charge in [-0.2, -0.15) is 0 Å². The lowest BCUT2D eigenvalue weighted by atomic mass is 10.2. The van der Waals surface area contributed by atoms with E-state index in [2.05, 4.69) is 25.8 Å². The molecule has 1 aromatic heterocycles. The molecule has 0 saturated carbocycles. The predicted molar refractivity (Wildman–Crippen MR) is 88.1 cm³/mol. The van der Waals surface area contributed by atoms with E-state index in [1.54, 1.807) is 0 Å². The van der Waals surface area contributed by atoms with Crippen LogP contribution >= 0.6 is 51.3 Å². The van der Waals surface area contributed by atoms with E-state index in [0.717, 1.165) is 33.0 Å². The summed E-state index contributed by atoms with van der Waals surface area (Å²) in [6.07, 6.45) is 1.82. The first-order valence-corrected chi connectivity index (χ1v) is 7.36. The zero-order chi connectivity index (χ0) is 13.1. The number of nitrogen functional groups attached to an aromatic ring is 1. The molecule has 104 valence electrons. The third-order valence-electron chi connectivity index (χ3n) is 2.45. The van der Waals surface area contributed by atoms with E-state index in [1.165, 1.54) is 11.3 Å². The second kappa shape index (κ2) is 7.45. The van der Waals surface area contributed by atoms with Crippen LogP contribution < -0.4 is 5.73 Å². The zero-order valence-corrected chi connectivity index (χ0v) is 14.2. The first-order chi connectivity index (χ1) is 8.54. The van der Waals surface area contributed by atoms with Gasteiger partial charge >= 0.3 is 0 Å². The van der Waals surface area contributed by atoms with Crippen LogP contribution in [0.25, 0.3) is 0 Å². The van der Waals surface area contributed by atoms with E-state index in [-0.39, 0.29) is 12.4 Å². The molecule has 0 aliphatic heterocycles. The highest BCUT2D eigenvalue weighted by Crippen LogP contribution is 2.23. The third kappa shape index (κ3) is 4.93. The van der Waals surface area contributed by atoms with Gasteiger partial charge in [0.15, 0.2) is 5.13 Å². The van der Waals surface area contributed by atoms with Crippen LogP contribution in [0.5, 0.6) is 0 Å². The first kappa shape index (κ1) is 16.7. The van der Waals surface area contributed by atoms with Gasteiger partial charge in [-0.25, -0.2) is 4.98 Å². The fourth-order valence-corrected chi connectivity index (χ4v) is 3.16. The van der Waals surface area contributed by atoms with Gasteiger partial charge in [-0.1, -0.05) is 33.6 Å². The molecular formula is C12H14BrCl2N3S. The number of nitrogens with zero attached hydrogens (tertiary/aromatic N) is 2. The Bertz CT molecular complexity index is 548. The Balaban J connectivity index is 0.00000180. The van der Waals surface area contributed by atoms with E-state index >= 15 is 0 Å². The summed E-state index contributed by atoms with van der Waals surface area (Å²) in [6, 6.07) is 5.94.